The zero-order valence-corrected chi connectivity index (χ0v) is 20.2. The molecule has 1 saturated heterocycles. The Hall–Kier alpha value is -1.87. The van der Waals surface area contributed by atoms with Gasteiger partial charge in [-0.3, -0.25) is 0 Å². The Morgan fingerprint density at radius 2 is 1.87 bits per heavy atom. The van der Waals surface area contributed by atoms with Crippen molar-refractivity contribution in [2.45, 2.75) is 39.3 Å². The van der Waals surface area contributed by atoms with Crippen molar-refractivity contribution in [1.29, 1.82) is 0 Å². The Morgan fingerprint density at radius 3 is 2.63 bits per heavy atom. The van der Waals surface area contributed by atoms with Crippen LogP contribution in [0.5, 0.6) is 5.88 Å². The monoisotopic (exact) mass is 523 g/mol. The number of rotatable bonds is 9. The Balaban J connectivity index is 0.00000320. The summed E-state index contributed by atoms with van der Waals surface area (Å²) >= 11 is 0. The minimum absolute atomic E-state index is 0. The number of guanidine groups is 1. The molecule has 6 nitrogen and oxygen atoms in total. The molecule has 0 amide bonds. The SMILES string of the molecule is CCNC(=NCc1ccnc(OCc2ccccc2)c1)NCCN1CCCCC1.I. The highest BCUT2D eigenvalue weighted by Gasteiger charge is 2.09. The number of nitrogens with one attached hydrogen (secondary N) is 2. The van der Waals surface area contributed by atoms with Crippen LogP contribution in [0.3, 0.4) is 0 Å². The molecule has 0 atom stereocenters. The predicted molar refractivity (Wildman–Crippen MR) is 134 cm³/mol. The first-order chi connectivity index (χ1) is 14.3. The van der Waals surface area contributed by atoms with Gasteiger partial charge in [0.15, 0.2) is 5.96 Å². The molecule has 1 aromatic carbocycles. The van der Waals surface area contributed by atoms with Crippen LogP contribution >= 0.6 is 24.0 Å². The number of likely N-dealkylation sites (tertiary alicyclic amines) is 1. The summed E-state index contributed by atoms with van der Waals surface area (Å²) in [7, 11) is 0. The van der Waals surface area contributed by atoms with Gasteiger partial charge in [-0.05, 0) is 50.0 Å². The Kier molecular flexibility index (Phi) is 11.5. The fourth-order valence-corrected chi connectivity index (χ4v) is 3.39. The van der Waals surface area contributed by atoms with E-state index in [1.165, 1.54) is 32.4 Å². The lowest BCUT2D eigenvalue weighted by molar-refractivity contribution is 0.232. The van der Waals surface area contributed by atoms with Crippen LogP contribution < -0.4 is 15.4 Å². The molecule has 1 aliphatic heterocycles. The zero-order chi connectivity index (χ0) is 20.2. The molecule has 164 valence electrons. The van der Waals surface area contributed by atoms with E-state index in [0.29, 0.717) is 19.0 Å². The molecule has 0 radical (unpaired) electrons. The van der Waals surface area contributed by atoms with E-state index in [2.05, 4.69) is 27.4 Å². The molecule has 1 aromatic heterocycles. The number of ether oxygens (including phenoxy) is 1. The normalized spacial score (nSPS) is 14.6. The minimum atomic E-state index is 0. The molecule has 0 bridgehead atoms. The fraction of sp³-hybridized carbons (Fsp3) is 0.478. The van der Waals surface area contributed by atoms with Crippen LogP contribution in [-0.4, -0.2) is 48.6 Å². The van der Waals surface area contributed by atoms with Crippen LogP contribution in [0.4, 0.5) is 0 Å². The summed E-state index contributed by atoms with van der Waals surface area (Å²) in [5.74, 6) is 1.48. The van der Waals surface area contributed by atoms with E-state index in [4.69, 9.17) is 9.73 Å². The highest BCUT2D eigenvalue weighted by molar-refractivity contribution is 14.0. The summed E-state index contributed by atoms with van der Waals surface area (Å²) in [5, 5.41) is 6.78. The number of hydrogen-bond donors (Lipinski definition) is 2. The fourth-order valence-electron chi connectivity index (χ4n) is 3.39. The molecular formula is C23H34IN5O. The minimum Gasteiger partial charge on any atom is -0.473 e. The highest BCUT2D eigenvalue weighted by Crippen LogP contribution is 2.12. The van der Waals surface area contributed by atoms with Crippen molar-refractivity contribution >= 4 is 29.9 Å². The summed E-state index contributed by atoms with van der Waals surface area (Å²) in [4.78, 5) is 11.6. The number of piperidine rings is 1. The van der Waals surface area contributed by atoms with Gasteiger partial charge in [0.1, 0.15) is 6.61 Å². The highest BCUT2D eigenvalue weighted by atomic mass is 127. The van der Waals surface area contributed by atoms with Gasteiger partial charge in [-0.15, -0.1) is 24.0 Å². The van der Waals surface area contributed by atoms with E-state index in [-0.39, 0.29) is 24.0 Å². The van der Waals surface area contributed by atoms with Crippen molar-refractivity contribution in [3.63, 3.8) is 0 Å². The van der Waals surface area contributed by atoms with E-state index >= 15 is 0 Å². The lowest BCUT2D eigenvalue weighted by Crippen LogP contribution is -2.42. The summed E-state index contributed by atoms with van der Waals surface area (Å²) in [6.45, 7) is 8.45. The molecule has 2 N–H and O–H groups in total. The van der Waals surface area contributed by atoms with Crippen molar-refractivity contribution in [2.75, 3.05) is 32.7 Å². The second-order valence-corrected chi connectivity index (χ2v) is 7.30. The summed E-state index contributed by atoms with van der Waals surface area (Å²) in [5.41, 5.74) is 2.21. The smallest absolute Gasteiger partial charge is 0.213 e. The Morgan fingerprint density at radius 1 is 1.07 bits per heavy atom. The molecule has 2 aromatic rings. The molecule has 1 aliphatic rings. The number of aromatic nitrogens is 1. The van der Waals surface area contributed by atoms with Crippen LogP contribution in [0, 0.1) is 0 Å². The summed E-state index contributed by atoms with van der Waals surface area (Å²) < 4.78 is 5.82. The van der Waals surface area contributed by atoms with Gasteiger partial charge >= 0.3 is 0 Å². The van der Waals surface area contributed by atoms with Crippen molar-refractivity contribution < 1.29 is 4.74 Å². The zero-order valence-electron chi connectivity index (χ0n) is 17.8. The molecule has 3 rings (SSSR count). The van der Waals surface area contributed by atoms with Crippen LogP contribution in [0.2, 0.25) is 0 Å². The third-order valence-corrected chi connectivity index (χ3v) is 4.96. The first-order valence-electron chi connectivity index (χ1n) is 10.7. The number of nitrogens with zero attached hydrogens (tertiary/aromatic N) is 3. The van der Waals surface area contributed by atoms with Crippen LogP contribution in [0.15, 0.2) is 53.7 Å². The molecule has 0 aliphatic carbocycles. The quantitative estimate of drug-likeness (QED) is 0.298. The third kappa shape index (κ3) is 8.87. The van der Waals surface area contributed by atoms with E-state index in [9.17, 15) is 0 Å². The summed E-state index contributed by atoms with van der Waals surface area (Å²) in [6, 6.07) is 14.1. The van der Waals surface area contributed by atoms with Crippen molar-refractivity contribution in [3.8, 4) is 5.88 Å². The summed E-state index contributed by atoms with van der Waals surface area (Å²) in [6.07, 6.45) is 5.80. The Bertz CT molecular complexity index is 750. The number of benzene rings is 1. The van der Waals surface area contributed by atoms with E-state index < -0.39 is 0 Å². The van der Waals surface area contributed by atoms with Gasteiger partial charge in [0.05, 0.1) is 6.54 Å². The standard InChI is InChI=1S/C23H33N5O.HI/c1-2-24-23(26-13-16-28-14-7-4-8-15-28)27-18-21-11-12-25-22(17-21)29-19-20-9-5-3-6-10-20;/h3,5-6,9-12,17H,2,4,7-8,13-16,18-19H2,1H3,(H2,24,26,27);1H. The van der Waals surface area contributed by atoms with Gasteiger partial charge in [-0.2, -0.15) is 0 Å². The average Bonchev–Trinajstić information content (AvgIpc) is 2.78. The molecule has 2 heterocycles. The van der Waals surface area contributed by atoms with E-state index in [1.54, 1.807) is 6.20 Å². The molecule has 0 spiro atoms. The largest absolute Gasteiger partial charge is 0.473 e. The second-order valence-electron chi connectivity index (χ2n) is 7.30. The first-order valence-corrected chi connectivity index (χ1v) is 10.7. The molecule has 30 heavy (non-hydrogen) atoms. The van der Waals surface area contributed by atoms with Gasteiger partial charge < -0.3 is 20.3 Å². The third-order valence-electron chi connectivity index (χ3n) is 4.96. The maximum atomic E-state index is 5.82. The van der Waals surface area contributed by atoms with Gasteiger partial charge in [0, 0.05) is 31.9 Å². The number of aliphatic imine (C=N–C) groups is 1. The number of pyridine rings is 1. The molecular weight excluding hydrogens is 489 g/mol. The van der Waals surface area contributed by atoms with E-state index in [1.807, 2.05) is 42.5 Å². The topological polar surface area (TPSA) is 61.8 Å². The first kappa shape index (κ1) is 24.4. The van der Waals surface area contributed by atoms with Gasteiger partial charge in [0.2, 0.25) is 5.88 Å². The number of hydrogen-bond acceptors (Lipinski definition) is 4. The lowest BCUT2D eigenvalue weighted by atomic mass is 10.1. The van der Waals surface area contributed by atoms with Crippen LogP contribution in [-0.2, 0) is 13.2 Å². The van der Waals surface area contributed by atoms with Crippen molar-refractivity contribution in [2.24, 2.45) is 4.99 Å². The molecule has 1 fully saturated rings. The van der Waals surface area contributed by atoms with Crippen LogP contribution in [0.25, 0.3) is 0 Å². The molecule has 7 heteroatoms. The molecule has 0 saturated carbocycles. The maximum absolute atomic E-state index is 5.82. The van der Waals surface area contributed by atoms with Gasteiger partial charge in [-0.25, -0.2) is 9.98 Å². The maximum Gasteiger partial charge on any atom is 0.213 e. The van der Waals surface area contributed by atoms with Crippen LogP contribution in [0.1, 0.15) is 37.3 Å². The van der Waals surface area contributed by atoms with Crippen molar-refractivity contribution in [1.82, 2.24) is 20.5 Å². The van der Waals surface area contributed by atoms with Gasteiger partial charge in [-0.1, -0.05) is 36.8 Å². The lowest BCUT2D eigenvalue weighted by Gasteiger charge is -2.26. The van der Waals surface area contributed by atoms with Gasteiger partial charge in [0.25, 0.3) is 0 Å². The predicted octanol–water partition coefficient (Wildman–Crippen LogP) is 3.82. The average molecular weight is 523 g/mol. The Labute approximate surface area is 197 Å². The van der Waals surface area contributed by atoms with E-state index in [0.717, 1.165) is 36.7 Å². The second kappa shape index (κ2) is 14.2. The van der Waals surface area contributed by atoms with Crippen molar-refractivity contribution in [3.05, 3.63) is 59.8 Å². The number of halogens is 1. The molecule has 0 unspecified atom stereocenters.